The van der Waals surface area contributed by atoms with Crippen LogP contribution in [0.2, 0.25) is 0 Å². The lowest BCUT2D eigenvalue weighted by Gasteiger charge is -2.36. The zero-order valence-corrected chi connectivity index (χ0v) is 9.59. The third kappa shape index (κ3) is 2.53. The minimum atomic E-state index is -0.477. The number of hydrogen-bond donors (Lipinski definition) is 1. The Kier molecular flexibility index (Phi) is 3.78. The first kappa shape index (κ1) is 11.8. The van der Waals surface area contributed by atoms with E-state index in [1.807, 2.05) is 6.92 Å². The van der Waals surface area contributed by atoms with Crippen LogP contribution < -0.4 is 0 Å². The van der Waals surface area contributed by atoms with Crippen molar-refractivity contribution in [1.82, 2.24) is 4.90 Å². The average molecular weight is 229 g/mol. The van der Waals surface area contributed by atoms with Gasteiger partial charge in [-0.15, -0.1) is 0 Å². The summed E-state index contributed by atoms with van der Waals surface area (Å²) < 4.78 is 10.6. The summed E-state index contributed by atoms with van der Waals surface area (Å²) in [6, 6.07) is 0. The Bertz CT molecular complexity index is 252. The first-order chi connectivity index (χ1) is 7.68. The number of hydrogen-bond acceptors (Lipinski definition) is 4. The van der Waals surface area contributed by atoms with Gasteiger partial charge in [0.05, 0.1) is 25.9 Å². The van der Waals surface area contributed by atoms with Crippen LogP contribution in [0, 0.1) is 5.92 Å². The Morgan fingerprint density at radius 1 is 1.44 bits per heavy atom. The predicted molar refractivity (Wildman–Crippen MR) is 56.9 cm³/mol. The molecule has 1 N–H and O–H groups in total. The normalized spacial score (nSPS) is 36.1. The van der Waals surface area contributed by atoms with Gasteiger partial charge in [0.15, 0.2) is 6.10 Å². The smallest absolute Gasteiger partial charge is 0.254 e. The molecule has 2 aliphatic heterocycles. The maximum atomic E-state index is 12.0. The van der Waals surface area contributed by atoms with Crippen LogP contribution in [0.5, 0.6) is 0 Å². The number of likely N-dealkylation sites (tertiary alicyclic amines) is 1. The van der Waals surface area contributed by atoms with Crippen LogP contribution >= 0.6 is 0 Å². The van der Waals surface area contributed by atoms with Crippen molar-refractivity contribution in [2.45, 2.75) is 25.6 Å². The fourth-order valence-electron chi connectivity index (χ4n) is 2.08. The van der Waals surface area contributed by atoms with Gasteiger partial charge in [0.25, 0.3) is 5.91 Å². The minimum Gasteiger partial charge on any atom is -0.391 e. The molecule has 5 nitrogen and oxygen atoms in total. The summed E-state index contributed by atoms with van der Waals surface area (Å²) in [7, 11) is 0. The van der Waals surface area contributed by atoms with Gasteiger partial charge in [-0.05, 0) is 12.3 Å². The molecule has 3 unspecified atom stereocenters. The average Bonchev–Trinajstić information content (AvgIpc) is 2.33. The Balaban J connectivity index is 1.89. The lowest BCUT2D eigenvalue weighted by molar-refractivity contribution is -0.161. The van der Waals surface area contributed by atoms with E-state index in [0.717, 1.165) is 6.42 Å². The van der Waals surface area contributed by atoms with Gasteiger partial charge in [0.1, 0.15) is 0 Å². The largest absolute Gasteiger partial charge is 0.391 e. The summed E-state index contributed by atoms with van der Waals surface area (Å²) in [4.78, 5) is 13.7. The van der Waals surface area contributed by atoms with Crippen LogP contribution in [-0.4, -0.2) is 61.0 Å². The third-order valence-corrected chi connectivity index (χ3v) is 3.32. The third-order valence-electron chi connectivity index (χ3n) is 3.32. The number of aliphatic hydroxyl groups excluding tert-OH is 1. The number of rotatable bonds is 1. The highest BCUT2D eigenvalue weighted by Crippen LogP contribution is 2.18. The summed E-state index contributed by atoms with van der Waals surface area (Å²) in [6.07, 6.45) is -0.0444. The van der Waals surface area contributed by atoms with Crippen LogP contribution in [0.3, 0.4) is 0 Å². The van der Waals surface area contributed by atoms with E-state index in [1.54, 1.807) is 4.90 Å². The standard InChI is InChI=1S/C11H19NO4/c1-8-2-3-12(6-9(8)13)11(14)10-7-15-4-5-16-10/h8-10,13H,2-7H2,1H3. The monoisotopic (exact) mass is 229 g/mol. The zero-order chi connectivity index (χ0) is 11.5. The molecule has 0 aromatic rings. The zero-order valence-electron chi connectivity index (χ0n) is 9.59. The first-order valence-electron chi connectivity index (χ1n) is 5.84. The maximum absolute atomic E-state index is 12.0. The molecule has 0 saturated carbocycles. The molecule has 16 heavy (non-hydrogen) atoms. The predicted octanol–water partition coefficient (Wildman–Crippen LogP) is -0.369. The second-order valence-electron chi connectivity index (χ2n) is 4.55. The van der Waals surface area contributed by atoms with Gasteiger partial charge in [0, 0.05) is 13.1 Å². The number of amides is 1. The molecule has 2 rings (SSSR count). The Hall–Kier alpha value is -0.650. The molecule has 0 aromatic heterocycles. The van der Waals surface area contributed by atoms with E-state index in [2.05, 4.69) is 0 Å². The molecule has 92 valence electrons. The van der Waals surface area contributed by atoms with Crippen molar-refractivity contribution < 1.29 is 19.4 Å². The summed E-state index contributed by atoms with van der Waals surface area (Å²) in [5, 5.41) is 9.73. The van der Waals surface area contributed by atoms with E-state index in [4.69, 9.17) is 9.47 Å². The molecule has 0 spiro atoms. The van der Waals surface area contributed by atoms with Crippen LogP contribution in [-0.2, 0) is 14.3 Å². The number of nitrogens with zero attached hydrogens (tertiary/aromatic N) is 1. The Labute approximate surface area is 95.3 Å². The highest BCUT2D eigenvalue weighted by molar-refractivity contribution is 5.81. The highest BCUT2D eigenvalue weighted by Gasteiger charge is 2.32. The molecule has 5 heteroatoms. The van der Waals surface area contributed by atoms with Gasteiger partial charge >= 0.3 is 0 Å². The SMILES string of the molecule is CC1CCN(C(=O)C2COCCO2)CC1O. The van der Waals surface area contributed by atoms with Crippen molar-refractivity contribution in [2.75, 3.05) is 32.9 Å². The molecule has 1 amide bonds. The fourth-order valence-corrected chi connectivity index (χ4v) is 2.08. The Morgan fingerprint density at radius 2 is 2.25 bits per heavy atom. The van der Waals surface area contributed by atoms with Crippen LogP contribution in [0.15, 0.2) is 0 Å². The van der Waals surface area contributed by atoms with Crippen LogP contribution in [0.4, 0.5) is 0 Å². The van der Waals surface area contributed by atoms with Gasteiger partial charge in [-0.3, -0.25) is 4.79 Å². The summed E-state index contributed by atoms with van der Waals surface area (Å²) >= 11 is 0. The number of aliphatic hydroxyl groups is 1. The Morgan fingerprint density at radius 3 is 2.88 bits per heavy atom. The molecule has 0 aliphatic carbocycles. The van der Waals surface area contributed by atoms with E-state index in [9.17, 15) is 9.90 Å². The molecule has 2 fully saturated rings. The number of piperidine rings is 1. The molecule has 2 saturated heterocycles. The van der Waals surface area contributed by atoms with E-state index >= 15 is 0 Å². The van der Waals surface area contributed by atoms with Crippen molar-refractivity contribution in [3.63, 3.8) is 0 Å². The van der Waals surface area contributed by atoms with E-state index in [1.165, 1.54) is 0 Å². The van der Waals surface area contributed by atoms with Crippen LogP contribution in [0.25, 0.3) is 0 Å². The second-order valence-corrected chi connectivity index (χ2v) is 4.55. The van der Waals surface area contributed by atoms with Crippen molar-refractivity contribution in [3.8, 4) is 0 Å². The summed E-state index contributed by atoms with van der Waals surface area (Å²) in [6.45, 7) is 4.50. The topological polar surface area (TPSA) is 59.0 Å². The molecule has 2 heterocycles. The fraction of sp³-hybridized carbons (Fsp3) is 0.909. The van der Waals surface area contributed by atoms with E-state index in [-0.39, 0.29) is 11.8 Å². The molecule has 0 aromatic carbocycles. The first-order valence-corrected chi connectivity index (χ1v) is 5.84. The van der Waals surface area contributed by atoms with Crippen molar-refractivity contribution in [3.05, 3.63) is 0 Å². The molecular formula is C11H19NO4. The van der Waals surface area contributed by atoms with Gasteiger partial charge < -0.3 is 19.5 Å². The molecule has 0 bridgehead atoms. The number of carbonyl (C=O) groups excluding carboxylic acids is 1. The van der Waals surface area contributed by atoms with E-state index in [0.29, 0.717) is 32.9 Å². The van der Waals surface area contributed by atoms with Crippen molar-refractivity contribution in [1.29, 1.82) is 0 Å². The summed E-state index contributed by atoms with van der Waals surface area (Å²) in [5.74, 6) is 0.221. The van der Waals surface area contributed by atoms with Gasteiger partial charge in [0.2, 0.25) is 0 Å². The van der Waals surface area contributed by atoms with Crippen molar-refractivity contribution >= 4 is 5.91 Å². The maximum Gasteiger partial charge on any atom is 0.254 e. The molecule has 3 atom stereocenters. The number of ether oxygens (including phenoxy) is 2. The summed E-state index contributed by atoms with van der Waals surface area (Å²) in [5.41, 5.74) is 0. The molecule has 2 aliphatic rings. The van der Waals surface area contributed by atoms with Crippen molar-refractivity contribution in [2.24, 2.45) is 5.92 Å². The van der Waals surface area contributed by atoms with Gasteiger partial charge in [-0.25, -0.2) is 0 Å². The molecule has 0 radical (unpaired) electrons. The van der Waals surface area contributed by atoms with Gasteiger partial charge in [-0.2, -0.15) is 0 Å². The number of carbonyl (C=O) groups is 1. The lowest BCUT2D eigenvalue weighted by atomic mass is 9.96. The minimum absolute atomic E-state index is 0.0503. The quantitative estimate of drug-likeness (QED) is 0.666. The van der Waals surface area contributed by atoms with Gasteiger partial charge in [-0.1, -0.05) is 6.92 Å². The lowest BCUT2D eigenvalue weighted by Crippen LogP contribution is -2.51. The highest BCUT2D eigenvalue weighted by atomic mass is 16.6. The van der Waals surface area contributed by atoms with E-state index < -0.39 is 12.2 Å². The number of β-amino-alcohol motifs (C(OH)–C–C–N with tert-alkyl or cyclic N) is 1. The second kappa shape index (κ2) is 5.12. The van der Waals surface area contributed by atoms with Crippen LogP contribution in [0.1, 0.15) is 13.3 Å². The molecular weight excluding hydrogens is 210 g/mol.